The van der Waals surface area contributed by atoms with Crippen LogP contribution in [0.15, 0.2) is 44.9 Å². The standard InChI is InChI=1S/C13H13N3O4S/c1-8(21-11-10(17)14-13(19)16-15-11)12(18)20-7-9-5-3-2-4-6-9/h2-6,8H,7H2,1H3,(H2,14,16,17,19)/t8-/m0/s1. The van der Waals surface area contributed by atoms with Crippen molar-refractivity contribution in [3.05, 3.63) is 56.7 Å². The summed E-state index contributed by atoms with van der Waals surface area (Å²) in [6, 6.07) is 9.27. The summed E-state index contributed by atoms with van der Waals surface area (Å²) in [7, 11) is 0. The molecule has 7 nitrogen and oxygen atoms in total. The molecule has 8 heteroatoms. The number of nitrogens with zero attached hydrogens (tertiary/aromatic N) is 1. The lowest BCUT2D eigenvalue weighted by atomic mass is 10.2. The highest BCUT2D eigenvalue weighted by molar-refractivity contribution is 8.00. The molecule has 1 aromatic carbocycles. The van der Waals surface area contributed by atoms with E-state index in [0.29, 0.717) is 0 Å². The number of hydrogen-bond acceptors (Lipinski definition) is 6. The molecule has 0 amide bonds. The van der Waals surface area contributed by atoms with Gasteiger partial charge in [-0.15, -0.1) is 0 Å². The Balaban J connectivity index is 1.93. The summed E-state index contributed by atoms with van der Waals surface area (Å²) in [6.45, 7) is 1.77. The molecule has 21 heavy (non-hydrogen) atoms. The number of aromatic amines is 2. The zero-order chi connectivity index (χ0) is 15.2. The normalized spacial score (nSPS) is 11.9. The summed E-state index contributed by atoms with van der Waals surface area (Å²) in [5.74, 6) is -0.462. The van der Waals surface area contributed by atoms with E-state index in [9.17, 15) is 14.4 Å². The first-order valence-corrected chi connectivity index (χ1v) is 7.00. The number of thioether (sulfide) groups is 1. The Bertz CT molecular complexity index is 726. The Morgan fingerprint density at radius 3 is 2.71 bits per heavy atom. The first kappa shape index (κ1) is 15.0. The molecule has 0 bridgehead atoms. The molecule has 0 aliphatic rings. The van der Waals surface area contributed by atoms with Crippen LogP contribution < -0.4 is 11.2 Å². The lowest BCUT2D eigenvalue weighted by Gasteiger charge is -2.10. The predicted octanol–water partition coefficient (Wildman–Crippen LogP) is 0.682. The van der Waals surface area contributed by atoms with E-state index in [4.69, 9.17) is 4.74 Å². The fraction of sp³-hybridized carbons (Fsp3) is 0.231. The largest absolute Gasteiger partial charge is 0.460 e. The Morgan fingerprint density at radius 2 is 2.05 bits per heavy atom. The zero-order valence-corrected chi connectivity index (χ0v) is 12.0. The fourth-order valence-corrected chi connectivity index (χ4v) is 2.23. The van der Waals surface area contributed by atoms with Gasteiger partial charge < -0.3 is 4.74 Å². The average Bonchev–Trinajstić information content (AvgIpc) is 2.48. The van der Waals surface area contributed by atoms with Crippen LogP contribution in [0.1, 0.15) is 12.5 Å². The molecule has 0 spiro atoms. The van der Waals surface area contributed by atoms with Crippen LogP contribution in [0.3, 0.4) is 0 Å². The van der Waals surface area contributed by atoms with Crippen LogP contribution in [0.4, 0.5) is 0 Å². The van der Waals surface area contributed by atoms with Gasteiger partial charge in [0.2, 0.25) is 0 Å². The van der Waals surface area contributed by atoms with Crippen LogP contribution in [0, 0.1) is 0 Å². The van der Waals surface area contributed by atoms with Gasteiger partial charge in [0.15, 0.2) is 5.03 Å². The van der Waals surface area contributed by atoms with Gasteiger partial charge in [-0.1, -0.05) is 42.1 Å². The molecule has 0 fully saturated rings. The number of hydrogen-bond donors (Lipinski definition) is 2. The third-order valence-electron chi connectivity index (χ3n) is 2.52. The Kier molecular flexibility index (Phi) is 4.94. The quantitative estimate of drug-likeness (QED) is 0.622. The van der Waals surface area contributed by atoms with Gasteiger partial charge in [0.25, 0.3) is 5.56 Å². The first-order valence-electron chi connectivity index (χ1n) is 6.12. The minimum atomic E-state index is -0.691. The van der Waals surface area contributed by atoms with Gasteiger partial charge in [-0.05, 0) is 12.5 Å². The minimum absolute atomic E-state index is 0.0127. The van der Waals surface area contributed by atoms with Gasteiger partial charge in [0, 0.05) is 0 Å². The SMILES string of the molecule is C[C@H](Sc1n[nH]c(=O)[nH]c1=O)C(=O)OCc1ccccc1. The third-order valence-corrected chi connectivity index (χ3v) is 3.57. The van der Waals surface area contributed by atoms with Gasteiger partial charge in [-0.3, -0.25) is 14.6 Å². The molecule has 0 aliphatic carbocycles. The van der Waals surface area contributed by atoms with Crippen molar-refractivity contribution in [3.63, 3.8) is 0 Å². The van der Waals surface area contributed by atoms with Gasteiger partial charge >= 0.3 is 11.7 Å². The maximum Gasteiger partial charge on any atom is 0.342 e. The molecule has 0 saturated heterocycles. The number of benzene rings is 1. The van der Waals surface area contributed by atoms with Crippen molar-refractivity contribution in [3.8, 4) is 0 Å². The number of aromatic nitrogens is 3. The van der Waals surface area contributed by atoms with E-state index in [1.165, 1.54) is 0 Å². The van der Waals surface area contributed by atoms with Crippen molar-refractivity contribution < 1.29 is 9.53 Å². The first-order chi connectivity index (χ1) is 10.1. The van der Waals surface area contributed by atoms with Crippen LogP contribution >= 0.6 is 11.8 Å². The van der Waals surface area contributed by atoms with Crippen LogP contribution in [0.2, 0.25) is 0 Å². The van der Waals surface area contributed by atoms with Crippen LogP contribution in [-0.4, -0.2) is 26.4 Å². The molecule has 1 heterocycles. The molecule has 1 aromatic heterocycles. The Morgan fingerprint density at radius 1 is 1.33 bits per heavy atom. The lowest BCUT2D eigenvalue weighted by molar-refractivity contribution is -0.143. The molecule has 1 atom stereocenters. The number of rotatable bonds is 5. The molecular weight excluding hydrogens is 294 g/mol. The molecule has 110 valence electrons. The van der Waals surface area contributed by atoms with Crippen molar-refractivity contribution in [1.82, 2.24) is 15.2 Å². The van der Waals surface area contributed by atoms with E-state index >= 15 is 0 Å². The number of H-pyrrole nitrogens is 2. The second-order valence-electron chi connectivity index (χ2n) is 4.17. The minimum Gasteiger partial charge on any atom is -0.460 e. The molecule has 0 saturated carbocycles. The van der Waals surface area contributed by atoms with Crippen molar-refractivity contribution in [2.75, 3.05) is 0 Å². The van der Waals surface area contributed by atoms with Gasteiger partial charge in [-0.25, -0.2) is 9.89 Å². The Hall–Kier alpha value is -2.35. The number of esters is 1. The van der Waals surface area contributed by atoms with Gasteiger partial charge in [-0.2, -0.15) is 5.10 Å². The third kappa shape index (κ3) is 4.32. The van der Waals surface area contributed by atoms with Crippen molar-refractivity contribution in [2.45, 2.75) is 23.8 Å². The highest BCUT2D eigenvalue weighted by atomic mass is 32.2. The number of carbonyl (C=O) groups excluding carboxylic acids is 1. The van der Waals surface area contributed by atoms with E-state index in [2.05, 4.69) is 10.2 Å². The van der Waals surface area contributed by atoms with Crippen LogP contribution in [0.25, 0.3) is 0 Å². The summed E-state index contributed by atoms with van der Waals surface area (Å²) in [5.41, 5.74) is -0.446. The van der Waals surface area contributed by atoms with E-state index < -0.39 is 22.5 Å². The van der Waals surface area contributed by atoms with Gasteiger partial charge in [0.05, 0.1) is 0 Å². The molecule has 0 aliphatic heterocycles. The van der Waals surface area contributed by atoms with E-state index in [-0.39, 0.29) is 11.6 Å². The Labute approximate surface area is 123 Å². The number of ether oxygens (including phenoxy) is 1. The number of carbonyl (C=O) groups is 1. The summed E-state index contributed by atoms with van der Waals surface area (Å²) < 4.78 is 5.15. The van der Waals surface area contributed by atoms with Crippen molar-refractivity contribution >= 4 is 17.7 Å². The fourth-order valence-electron chi connectivity index (χ4n) is 1.48. The highest BCUT2D eigenvalue weighted by Crippen LogP contribution is 2.18. The summed E-state index contributed by atoms with van der Waals surface area (Å²) >= 11 is 0.923. The highest BCUT2D eigenvalue weighted by Gasteiger charge is 2.18. The number of nitrogens with one attached hydrogen (secondary N) is 2. The second-order valence-corrected chi connectivity index (χ2v) is 5.49. The van der Waals surface area contributed by atoms with Crippen molar-refractivity contribution in [2.24, 2.45) is 0 Å². The van der Waals surface area contributed by atoms with Crippen molar-refractivity contribution in [1.29, 1.82) is 0 Å². The average molecular weight is 307 g/mol. The van der Waals surface area contributed by atoms with E-state index in [0.717, 1.165) is 17.3 Å². The summed E-state index contributed by atoms with van der Waals surface area (Å²) in [5, 5.41) is 5.10. The molecule has 2 N–H and O–H groups in total. The van der Waals surface area contributed by atoms with Crippen LogP contribution in [0.5, 0.6) is 0 Å². The molecule has 0 radical (unpaired) electrons. The smallest absolute Gasteiger partial charge is 0.342 e. The van der Waals surface area contributed by atoms with Crippen LogP contribution in [-0.2, 0) is 16.1 Å². The molecule has 0 unspecified atom stereocenters. The molecule has 2 aromatic rings. The van der Waals surface area contributed by atoms with Gasteiger partial charge in [0.1, 0.15) is 11.9 Å². The monoisotopic (exact) mass is 307 g/mol. The molecular formula is C13H13N3O4S. The molecule has 2 rings (SSSR count). The summed E-state index contributed by atoms with van der Waals surface area (Å²) in [6.07, 6.45) is 0. The van der Waals surface area contributed by atoms with E-state index in [1.54, 1.807) is 6.92 Å². The van der Waals surface area contributed by atoms with E-state index in [1.807, 2.05) is 35.3 Å². The summed E-state index contributed by atoms with van der Waals surface area (Å²) in [4.78, 5) is 36.2. The topological polar surface area (TPSA) is 105 Å². The maximum absolute atomic E-state index is 11.8. The zero-order valence-electron chi connectivity index (χ0n) is 11.2. The lowest BCUT2D eigenvalue weighted by Crippen LogP contribution is -2.27. The predicted molar refractivity (Wildman–Crippen MR) is 77.0 cm³/mol. The maximum atomic E-state index is 11.8. The second kappa shape index (κ2) is 6.89.